The zero-order valence-electron chi connectivity index (χ0n) is 18.6. The molecule has 0 radical (unpaired) electrons. The number of nitrogens with one attached hydrogen (secondary N) is 1. The third kappa shape index (κ3) is 5.08. The van der Waals surface area contributed by atoms with Gasteiger partial charge in [-0.05, 0) is 31.5 Å². The molecule has 0 aliphatic carbocycles. The van der Waals surface area contributed by atoms with Crippen molar-refractivity contribution in [3.63, 3.8) is 0 Å². The van der Waals surface area contributed by atoms with E-state index in [-0.39, 0.29) is 12.2 Å². The van der Waals surface area contributed by atoms with Gasteiger partial charge in [0, 0.05) is 49.5 Å². The Kier molecular flexibility index (Phi) is 6.51. The minimum Gasteiger partial charge on any atom is -0.352 e. The fourth-order valence-electron chi connectivity index (χ4n) is 4.06. The van der Waals surface area contributed by atoms with E-state index >= 15 is 0 Å². The van der Waals surface area contributed by atoms with Crippen molar-refractivity contribution in [1.29, 1.82) is 0 Å². The van der Waals surface area contributed by atoms with E-state index in [2.05, 4.69) is 39.2 Å². The molecule has 3 aromatic rings. The topological polar surface area (TPSA) is 61.4 Å². The molecule has 1 saturated heterocycles. The zero-order valence-corrected chi connectivity index (χ0v) is 18.6. The molecule has 4 rings (SSSR count). The number of carbonyl (C=O) groups is 1. The van der Waals surface area contributed by atoms with Crippen molar-refractivity contribution in [3.8, 4) is 0 Å². The van der Waals surface area contributed by atoms with Crippen LogP contribution in [0.1, 0.15) is 35.5 Å². The number of nitrogens with zero attached hydrogens (tertiary/aromatic N) is 4. The third-order valence-corrected chi connectivity index (χ3v) is 5.93. The van der Waals surface area contributed by atoms with Gasteiger partial charge >= 0.3 is 6.18 Å². The average Bonchev–Trinajstić information content (AvgIpc) is 2.81. The number of fused-ring (bicyclic) bond motifs is 1. The van der Waals surface area contributed by atoms with Crippen LogP contribution in [0.5, 0.6) is 0 Å². The van der Waals surface area contributed by atoms with Crippen LogP contribution >= 0.6 is 0 Å². The van der Waals surface area contributed by atoms with E-state index in [0.717, 1.165) is 49.5 Å². The maximum Gasteiger partial charge on any atom is 0.416 e. The number of anilines is 1. The van der Waals surface area contributed by atoms with Crippen LogP contribution in [0, 0.1) is 0 Å². The molecule has 0 atom stereocenters. The number of benzene rings is 2. The zero-order chi connectivity index (χ0) is 23.6. The standard InChI is InChI=1S/C24H26F3N5O/c1-16(2)31-10-12-32(13-11-31)22-20-9-4-3-8-19(20)21(29-30-22)23(33)28-15-17-6-5-7-18(14-17)24(25,26)27/h3-9,14,16H,10-13,15H2,1-2H3,(H,28,33). The van der Waals surface area contributed by atoms with Crippen LogP contribution in [0.4, 0.5) is 19.0 Å². The molecule has 1 amide bonds. The Morgan fingerprint density at radius 2 is 1.70 bits per heavy atom. The lowest BCUT2D eigenvalue weighted by molar-refractivity contribution is -0.137. The fourth-order valence-corrected chi connectivity index (χ4v) is 4.06. The molecule has 9 heteroatoms. The molecule has 2 heterocycles. The molecule has 6 nitrogen and oxygen atoms in total. The molecule has 0 spiro atoms. The highest BCUT2D eigenvalue weighted by atomic mass is 19.4. The maximum atomic E-state index is 12.9. The minimum absolute atomic E-state index is 0.0440. The SMILES string of the molecule is CC(C)N1CCN(c2nnc(C(=O)NCc3cccc(C(F)(F)F)c3)c3ccccc23)CC1. The second-order valence-electron chi connectivity index (χ2n) is 8.42. The van der Waals surface area contributed by atoms with Gasteiger partial charge in [-0.25, -0.2) is 0 Å². The second-order valence-corrected chi connectivity index (χ2v) is 8.42. The van der Waals surface area contributed by atoms with Crippen LogP contribution in [0.3, 0.4) is 0 Å². The molecular formula is C24H26F3N5O. The summed E-state index contributed by atoms with van der Waals surface area (Å²) in [4.78, 5) is 17.4. The van der Waals surface area contributed by atoms with E-state index in [9.17, 15) is 18.0 Å². The smallest absolute Gasteiger partial charge is 0.352 e. The molecule has 0 unspecified atom stereocenters. The summed E-state index contributed by atoms with van der Waals surface area (Å²) in [5.74, 6) is 0.260. The normalized spacial score (nSPS) is 15.3. The van der Waals surface area contributed by atoms with Crippen LogP contribution < -0.4 is 10.2 Å². The number of amides is 1. The number of aromatic nitrogens is 2. The van der Waals surface area contributed by atoms with E-state index in [1.807, 2.05) is 24.3 Å². The van der Waals surface area contributed by atoms with Crippen molar-refractivity contribution < 1.29 is 18.0 Å². The number of alkyl halides is 3. The summed E-state index contributed by atoms with van der Waals surface area (Å²) < 4.78 is 38.8. The molecule has 1 aromatic heterocycles. The highest BCUT2D eigenvalue weighted by Crippen LogP contribution is 2.30. The molecule has 0 saturated carbocycles. The van der Waals surface area contributed by atoms with Gasteiger partial charge in [0.05, 0.1) is 5.56 Å². The quantitative estimate of drug-likeness (QED) is 0.625. The molecular weight excluding hydrogens is 431 g/mol. The van der Waals surface area contributed by atoms with Crippen LogP contribution in [0.2, 0.25) is 0 Å². The number of hydrogen-bond acceptors (Lipinski definition) is 5. The van der Waals surface area contributed by atoms with E-state index < -0.39 is 17.6 Å². The van der Waals surface area contributed by atoms with Crippen LogP contribution in [-0.2, 0) is 12.7 Å². The summed E-state index contributed by atoms with van der Waals surface area (Å²) in [6, 6.07) is 12.8. The van der Waals surface area contributed by atoms with Gasteiger partial charge in [0.15, 0.2) is 11.5 Å². The van der Waals surface area contributed by atoms with Gasteiger partial charge in [-0.15, -0.1) is 10.2 Å². The summed E-state index contributed by atoms with van der Waals surface area (Å²) in [5, 5.41) is 12.7. The highest BCUT2D eigenvalue weighted by molar-refractivity contribution is 6.07. The summed E-state index contributed by atoms with van der Waals surface area (Å²) in [5.41, 5.74) is -0.237. The van der Waals surface area contributed by atoms with Crippen molar-refractivity contribution in [1.82, 2.24) is 20.4 Å². The van der Waals surface area contributed by atoms with Gasteiger partial charge in [0.2, 0.25) is 0 Å². The lowest BCUT2D eigenvalue weighted by atomic mass is 10.1. The van der Waals surface area contributed by atoms with Gasteiger partial charge < -0.3 is 10.2 Å². The minimum atomic E-state index is -4.43. The van der Waals surface area contributed by atoms with E-state index in [1.165, 1.54) is 6.07 Å². The summed E-state index contributed by atoms with van der Waals surface area (Å²) in [7, 11) is 0. The maximum absolute atomic E-state index is 12.9. The van der Waals surface area contributed by atoms with Crippen molar-refractivity contribution in [3.05, 3.63) is 65.4 Å². The number of hydrogen-bond donors (Lipinski definition) is 1. The lowest BCUT2D eigenvalue weighted by Gasteiger charge is -2.37. The van der Waals surface area contributed by atoms with E-state index in [1.54, 1.807) is 6.07 Å². The summed E-state index contributed by atoms with van der Waals surface area (Å²) in [6.07, 6.45) is -4.43. The molecule has 1 fully saturated rings. The van der Waals surface area contributed by atoms with Crippen molar-refractivity contribution in [2.24, 2.45) is 0 Å². The largest absolute Gasteiger partial charge is 0.416 e. The first-order valence-electron chi connectivity index (χ1n) is 10.9. The van der Waals surface area contributed by atoms with Gasteiger partial charge in [0.25, 0.3) is 5.91 Å². The lowest BCUT2D eigenvalue weighted by Crippen LogP contribution is -2.49. The fraction of sp³-hybridized carbons (Fsp3) is 0.375. The highest BCUT2D eigenvalue weighted by Gasteiger charge is 2.30. The number of piperazine rings is 1. The van der Waals surface area contributed by atoms with Crippen molar-refractivity contribution in [2.45, 2.75) is 32.6 Å². The number of rotatable bonds is 5. The second kappa shape index (κ2) is 9.35. The van der Waals surface area contributed by atoms with E-state index in [0.29, 0.717) is 17.0 Å². The molecule has 174 valence electrons. The monoisotopic (exact) mass is 457 g/mol. The van der Waals surface area contributed by atoms with Gasteiger partial charge in [-0.2, -0.15) is 13.2 Å². The Morgan fingerprint density at radius 1 is 1.00 bits per heavy atom. The van der Waals surface area contributed by atoms with Gasteiger partial charge in [-0.1, -0.05) is 36.4 Å². The Morgan fingerprint density at radius 3 is 2.36 bits per heavy atom. The molecule has 1 N–H and O–H groups in total. The van der Waals surface area contributed by atoms with Gasteiger partial charge in [-0.3, -0.25) is 9.69 Å². The Balaban J connectivity index is 1.53. The third-order valence-electron chi connectivity index (χ3n) is 5.93. The van der Waals surface area contributed by atoms with E-state index in [4.69, 9.17) is 0 Å². The van der Waals surface area contributed by atoms with Gasteiger partial charge in [0.1, 0.15) is 0 Å². The van der Waals surface area contributed by atoms with Crippen LogP contribution in [0.25, 0.3) is 10.8 Å². The summed E-state index contributed by atoms with van der Waals surface area (Å²) >= 11 is 0. The van der Waals surface area contributed by atoms with Crippen LogP contribution in [0.15, 0.2) is 48.5 Å². The first-order chi connectivity index (χ1) is 15.7. The number of carbonyl (C=O) groups excluding carboxylic acids is 1. The first kappa shape index (κ1) is 23.0. The molecule has 33 heavy (non-hydrogen) atoms. The molecule has 0 bridgehead atoms. The molecule has 1 aliphatic rings. The summed E-state index contributed by atoms with van der Waals surface area (Å²) in [6.45, 7) is 7.79. The Labute approximate surface area is 190 Å². The predicted molar refractivity (Wildman–Crippen MR) is 121 cm³/mol. The number of halogens is 3. The van der Waals surface area contributed by atoms with Crippen molar-refractivity contribution >= 4 is 22.5 Å². The molecule has 1 aliphatic heterocycles. The van der Waals surface area contributed by atoms with Crippen molar-refractivity contribution in [2.75, 3.05) is 31.1 Å². The predicted octanol–water partition coefficient (Wildman–Crippen LogP) is 4.11. The van der Waals surface area contributed by atoms with Crippen LogP contribution in [-0.4, -0.2) is 53.2 Å². The average molecular weight is 458 g/mol. The first-order valence-corrected chi connectivity index (χ1v) is 10.9. The Bertz CT molecular complexity index is 1140. The Hall–Kier alpha value is -3.20. The molecule has 2 aromatic carbocycles.